The molecule has 1 unspecified atom stereocenters. The number of hydrogen-bond donors (Lipinski definition) is 1. The molecule has 7 nitrogen and oxygen atoms in total. The molecule has 0 aromatic carbocycles. The highest BCUT2D eigenvalue weighted by molar-refractivity contribution is 5.96. The van der Waals surface area contributed by atoms with E-state index in [0.717, 1.165) is 42.8 Å². The van der Waals surface area contributed by atoms with Crippen LogP contribution in [-0.4, -0.2) is 41.3 Å². The number of rotatable bonds is 4. The van der Waals surface area contributed by atoms with E-state index in [1.54, 1.807) is 13.8 Å². The molecular formula is C16H22N4O3. The maximum absolute atomic E-state index is 12.5. The van der Waals surface area contributed by atoms with Crippen molar-refractivity contribution in [2.75, 3.05) is 14.1 Å². The van der Waals surface area contributed by atoms with E-state index < -0.39 is 0 Å². The number of aryl methyl sites for hydroxylation is 3. The Morgan fingerprint density at radius 2 is 2.09 bits per heavy atom. The molecule has 1 aliphatic carbocycles. The van der Waals surface area contributed by atoms with Crippen molar-refractivity contribution in [3.8, 4) is 0 Å². The van der Waals surface area contributed by atoms with Crippen molar-refractivity contribution in [3.05, 3.63) is 34.0 Å². The van der Waals surface area contributed by atoms with E-state index in [1.165, 1.54) is 0 Å². The summed E-state index contributed by atoms with van der Waals surface area (Å²) in [6.45, 7) is 4.27. The van der Waals surface area contributed by atoms with Crippen LogP contribution in [0.15, 0.2) is 9.05 Å². The Hall–Kier alpha value is -2.15. The van der Waals surface area contributed by atoms with E-state index in [4.69, 9.17) is 9.05 Å². The van der Waals surface area contributed by atoms with E-state index in [1.807, 2.05) is 14.1 Å². The molecule has 23 heavy (non-hydrogen) atoms. The fraction of sp³-hybridized carbons (Fsp3) is 0.562. The molecule has 0 fully saturated rings. The average molecular weight is 318 g/mol. The molecule has 3 rings (SSSR count). The first-order valence-corrected chi connectivity index (χ1v) is 7.80. The van der Waals surface area contributed by atoms with Crippen molar-refractivity contribution in [2.45, 2.75) is 45.7 Å². The summed E-state index contributed by atoms with van der Waals surface area (Å²) in [7, 11) is 4.00. The van der Waals surface area contributed by atoms with Crippen LogP contribution >= 0.6 is 0 Å². The lowest BCUT2D eigenvalue weighted by Crippen LogP contribution is -2.39. The third kappa shape index (κ3) is 3.14. The lowest BCUT2D eigenvalue weighted by molar-refractivity contribution is 0.0930. The van der Waals surface area contributed by atoms with Gasteiger partial charge < -0.3 is 19.3 Å². The highest BCUT2D eigenvalue weighted by Gasteiger charge is 2.28. The van der Waals surface area contributed by atoms with Gasteiger partial charge in [-0.3, -0.25) is 4.79 Å². The van der Waals surface area contributed by atoms with Crippen molar-refractivity contribution < 1.29 is 13.8 Å². The molecule has 2 aromatic heterocycles. The number of carbonyl (C=O) groups is 1. The summed E-state index contributed by atoms with van der Waals surface area (Å²) in [5, 5.41) is 11.1. The minimum atomic E-state index is -0.125. The summed E-state index contributed by atoms with van der Waals surface area (Å²) in [6.07, 6.45) is 2.39. The number of fused-ring (bicyclic) bond motifs is 1. The fourth-order valence-electron chi connectivity index (χ4n) is 3.08. The van der Waals surface area contributed by atoms with Crippen LogP contribution in [0.1, 0.15) is 45.3 Å². The standard InChI is InChI=1S/C16H22N4O3/c1-9-15(10(2)22-18-9)16(21)17-11-5-6-14-12(7-11)13(19-23-14)8-20(3)4/h11H,5-8H2,1-4H3,(H,17,21). The van der Waals surface area contributed by atoms with Gasteiger partial charge >= 0.3 is 0 Å². The molecule has 1 aliphatic rings. The summed E-state index contributed by atoms with van der Waals surface area (Å²) in [5.74, 6) is 1.37. The minimum Gasteiger partial charge on any atom is -0.361 e. The zero-order valence-electron chi connectivity index (χ0n) is 14.0. The maximum Gasteiger partial charge on any atom is 0.257 e. The summed E-state index contributed by atoms with van der Waals surface area (Å²) in [4.78, 5) is 14.5. The number of hydrogen-bond acceptors (Lipinski definition) is 6. The van der Waals surface area contributed by atoms with Gasteiger partial charge in [-0.05, 0) is 40.8 Å². The second-order valence-corrected chi connectivity index (χ2v) is 6.38. The van der Waals surface area contributed by atoms with E-state index in [2.05, 4.69) is 20.5 Å². The number of amides is 1. The van der Waals surface area contributed by atoms with Crippen molar-refractivity contribution in [2.24, 2.45) is 0 Å². The highest BCUT2D eigenvalue weighted by Crippen LogP contribution is 2.25. The van der Waals surface area contributed by atoms with Gasteiger partial charge in [-0.15, -0.1) is 0 Å². The predicted molar refractivity (Wildman–Crippen MR) is 83.2 cm³/mol. The number of carbonyl (C=O) groups excluding carboxylic acids is 1. The van der Waals surface area contributed by atoms with Crippen LogP contribution < -0.4 is 5.32 Å². The van der Waals surface area contributed by atoms with Crippen LogP contribution in [0.5, 0.6) is 0 Å². The highest BCUT2D eigenvalue weighted by atomic mass is 16.5. The Bertz CT molecular complexity index is 697. The normalized spacial score (nSPS) is 17.3. The van der Waals surface area contributed by atoms with Crippen LogP contribution in [0.2, 0.25) is 0 Å². The lowest BCUT2D eigenvalue weighted by Gasteiger charge is -2.23. The van der Waals surface area contributed by atoms with Crippen LogP contribution in [0.4, 0.5) is 0 Å². The molecule has 2 heterocycles. The molecule has 1 N–H and O–H groups in total. The smallest absolute Gasteiger partial charge is 0.257 e. The monoisotopic (exact) mass is 318 g/mol. The zero-order chi connectivity index (χ0) is 16.6. The first kappa shape index (κ1) is 15.7. The molecule has 0 spiro atoms. The largest absolute Gasteiger partial charge is 0.361 e. The van der Waals surface area contributed by atoms with E-state index in [0.29, 0.717) is 17.0 Å². The zero-order valence-corrected chi connectivity index (χ0v) is 14.0. The second-order valence-electron chi connectivity index (χ2n) is 6.38. The Morgan fingerprint density at radius 3 is 2.74 bits per heavy atom. The molecule has 2 aromatic rings. The van der Waals surface area contributed by atoms with Gasteiger partial charge in [0.1, 0.15) is 22.8 Å². The Labute approximate surface area is 135 Å². The van der Waals surface area contributed by atoms with Gasteiger partial charge in [0.15, 0.2) is 0 Å². The minimum absolute atomic E-state index is 0.0732. The van der Waals surface area contributed by atoms with Gasteiger partial charge in [0.05, 0.1) is 5.69 Å². The lowest BCUT2D eigenvalue weighted by atomic mass is 9.91. The third-order valence-electron chi connectivity index (χ3n) is 4.18. The quantitative estimate of drug-likeness (QED) is 0.922. The molecule has 1 amide bonds. The van der Waals surface area contributed by atoms with Gasteiger partial charge in [0, 0.05) is 24.6 Å². The fourth-order valence-corrected chi connectivity index (χ4v) is 3.08. The van der Waals surface area contributed by atoms with Gasteiger partial charge in [-0.1, -0.05) is 10.3 Å². The third-order valence-corrected chi connectivity index (χ3v) is 4.18. The number of nitrogens with zero attached hydrogens (tertiary/aromatic N) is 3. The maximum atomic E-state index is 12.5. The Kier molecular flexibility index (Phi) is 4.21. The average Bonchev–Trinajstić information content (AvgIpc) is 3.02. The SMILES string of the molecule is Cc1noc(C)c1C(=O)NC1CCc2onc(CN(C)C)c2C1. The van der Waals surface area contributed by atoms with Gasteiger partial charge in [0.2, 0.25) is 0 Å². The molecular weight excluding hydrogens is 296 g/mol. The van der Waals surface area contributed by atoms with Crippen LogP contribution in [0.25, 0.3) is 0 Å². The summed E-state index contributed by atoms with van der Waals surface area (Å²) in [6, 6.07) is 0.0732. The predicted octanol–water partition coefficient (Wildman–Crippen LogP) is 1.63. The Balaban J connectivity index is 1.72. The molecule has 7 heteroatoms. The molecule has 0 bridgehead atoms. The first-order chi connectivity index (χ1) is 11.0. The summed E-state index contributed by atoms with van der Waals surface area (Å²) in [5.41, 5.74) is 3.25. The van der Waals surface area contributed by atoms with Gasteiger partial charge in [-0.25, -0.2) is 0 Å². The molecule has 0 radical (unpaired) electrons. The number of aromatic nitrogens is 2. The van der Waals surface area contributed by atoms with Crippen LogP contribution in [-0.2, 0) is 19.4 Å². The number of nitrogens with one attached hydrogen (secondary N) is 1. The van der Waals surface area contributed by atoms with Crippen molar-refractivity contribution >= 4 is 5.91 Å². The van der Waals surface area contributed by atoms with Gasteiger partial charge in [0.25, 0.3) is 5.91 Å². The van der Waals surface area contributed by atoms with Crippen molar-refractivity contribution in [1.29, 1.82) is 0 Å². The van der Waals surface area contributed by atoms with Crippen LogP contribution in [0.3, 0.4) is 0 Å². The topological polar surface area (TPSA) is 84.4 Å². The Morgan fingerprint density at radius 1 is 1.30 bits per heavy atom. The molecule has 0 aliphatic heterocycles. The summed E-state index contributed by atoms with van der Waals surface area (Å²) < 4.78 is 10.5. The van der Waals surface area contributed by atoms with Crippen LogP contribution in [0, 0.1) is 13.8 Å². The van der Waals surface area contributed by atoms with E-state index in [-0.39, 0.29) is 11.9 Å². The van der Waals surface area contributed by atoms with Gasteiger partial charge in [-0.2, -0.15) is 0 Å². The summed E-state index contributed by atoms with van der Waals surface area (Å²) >= 11 is 0. The van der Waals surface area contributed by atoms with E-state index in [9.17, 15) is 4.79 Å². The molecule has 0 saturated heterocycles. The molecule has 0 saturated carbocycles. The molecule has 124 valence electrons. The second kappa shape index (κ2) is 6.16. The van der Waals surface area contributed by atoms with E-state index >= 15 is 0 Å². The van der Waals surface area contributed by atoms with Crippen molar-refractivity contribution in [1.82, 2.24) is 20.5 Å². The molecule has 1 atom stereocenters. The van der Waals surface area contributed by atoms with Crippen molar-refractivity contribution in [3.63, 3.8) is 0 Å². The first-order valence-electron chi connectivity index (χ1n) is 7.80.